The van der Waals surface area contributed by atoms with Gasteiger partial charge in [0.15, 0.2) is 0 Å². The van der Waals surface area contributed by atoms with Gasteiger partial charge in [-0.2, -0.15) is 0 Å². The molecule has 0 aromatic carbocycles. The van der Waals surface area contributed by atoms with Crippen LogP contribution in [0.4, 0.5) is 0 Å². The first kappa shape index (κ1) is 22.9. The molecule has 23 heavy (non-hydrogen) atoms. The van der Waals surface area contributed by atoms with Gasteiger partial charge in [-0.1, -0.05) is 33.6 Å². The fourth-order valence-corrected chi connectivity index (χ4v) is 0.810. The van der Waals surface area contributed by atoms with Crippen LogP contribution in [0.3, 0.4) is 0 Å². The van der Waals surface area contributed by atoms with Crippen LogP contribution >= 0.6 is 0 Å². The molecule has 0 rings (SSSR count). The Morgan fingerprint density at radius 3 is 1.26 bits per heavy atom. The molecule has 0 aliphatic carbocycles. The van der Waals surface area contributed by atoms with E-state index < -0.39 is 23.3 Å². The highest BCUT2D eigenvalue weighted by atomic mass is 16.5. The molecule has 130 valence electrons. The van der Waals surface area contributed by atoms with Crippen LogP contribution < -0.4 is 0 Å². The summed E-state index contributed by atoms with van der Waals surface area (Å²) in [5.41, 5.74) is 0.436. The summed E-state index contributed by atoms with van der Waals surface area (Å²) in [4.78, 5) is 32.0. The van der Waals surface area contributed by atoms with Crippen LogP contribution in [0.1, 0.15) is 34.6 Å². The van der Waals surface area contributed by atoms with Gasteiger partial charge in [0.05, 0.1) is 13.2 Å². The molecule has 0 spiro atoms. The van der Waals surface area contributed by atoms with Crippen molar-refractivity contribution in [2.75, 3.05) is 13.2 Å². The van der Waals surface area contributed by atoms with Gasteiger partial charge in [0.2, 0.25) is 0 Å². The topological polar surface area (TPSA) is 89.9 Å². The molecule has 0 amide bonds. The Labute approximate surface area is 137 Å². The largest absolute Gasteiger partial charge is 0.478 e. The van der Waals surface area contributed by atoms with Gasteiger partial charge >= 0.3 is 17.9 Å². The molecule has 0 fully saturated rings. The molecule has 0 radical (unpaired) electrons. The summed E-state index contributed by atoms with van der Waals surface area (Å²) in [5, 5.41) is 7.89. The minimum Gasteiger partial charge on any atom is -0.478 e. The van der Waals surface area contributed by atoms with Gasteiger partial charge in [0.1, 0.15) is 0 Å². The molecule has 0 aliphatic rings. The Kier molecular flexibility index (Phi) is 10.3. The van der Waals surface area contributed by atoms with Gasteiger partial charge in [-0.15, -0.1) is 0 Å². The van der Waals surface area contributed by atoms with Gasteiger partial charge in [-0.25, -0.2) is 14.4 Å². The highest BCUT2D eigenvalue weighted by molar-refractivity contribution is 5.87. The average Bonchev–Trinajstić information content (AvgIpc) is 2.42. The first-order valence-corrected chi connectivity index (χ1v) is 6.84. The van der Waals surface area contributed by atoms with Crippen LogP contribution in [-0.4, -0.2) is 36.2 Å². The molecule has 1 N–H and O–H groups in total. The summed E-state index contributed by atoms with van der Waals surface area (Å²) in [6.07, 6.45) is 0. The third-order valence-corrected chi connectivity index (χ3v) is 2.25. The predicted molar refractivity (Wildman–Crippen MR) is 87.8 cm³/mol. The Morgan fingerprint density at radius 1 is 0.826 bits per heavy atom. The Hall–Kier alpha value is -2.37. The van der Waals surface area contributed by atoms with Crippen LogP contribution in [0.5, 0.6) is 0 Å². The van der Waals surface area contributed by atoms with Crippen LogP contribution in [0.15, 0.2) is 36.5 Å². The molecule has 6 heteroatoms. The van der Waals surface area contributed by atoms with E-state index in [-0.39, 0.29) is 18.8 Å². The van der Waals surface area contributed by atoms with Crippen molar-refractivity contribution in [3.05, 3.63) is 36.5 Å². The highest BCUT2D eigenvalue weighted by Gasteiger charge is 2.23. The Morgan fingerprint density at radius 2 is 1.09 bits per heavy atom. The third kappa shape index (κ3) is 13.0. The van der Waals surface area contributed by atoms with E-state index in [1.54, 1.807) is 13.8 Å². The number of hydrogen-bond acceptors (Lipinski definition) is 5. The van der Waals surface area contributed by atoms with E-state index in [2.05, 4.69) is 19.7 Å². The molecule has 0 aliphatic heterocycles. The zero-order chi connectivity index (χ0) is 18.8. The lowest BCUT2D eigenvalue weighted by Crippen LogP contribution is -2.28. The number of carboxylic acid groups (broad SMARTS) is 1. The smallest absolute Gasteiger partial charge is 0.333 e. The lowest BCUT2D eigenvalue weighted by atomic mass is 9.96. The maximum atomic E-state index is 11.2. The summed E-state index contributed by atoms with van der Waals surface area (Å²) in [7, 11) is 0. The number of hydrogen-bond donors (Lipinski definition) is 1. The fraction of sp³-hybridized carbons (Fsp3) is 0.471. The zero-order valence-electron chi connectivity index (χ0n) is 14.5. The van der Waals surface area contributed by atoms with Gasteiger partial charge in [-0.05, 0) is 20.8 Å². The van der Waals surface area contributed by atoms with Crippen molar-refractivity contribution >= 4 is 17.9 Å². The maximum Gasteiger partial charge on any atom is 0.333 e. The molecule has 0 aromatic heterocycles. The van der Waals surface area contributed by atoms with E-state index in [4.69, 9.17) is 14.6 Å². The van der Waals surface area contributed by atoms with Crippen LogP contribution in [0.25, 0.3) is 0 Å². The van der Waals surface area contributed by atoms with E-state index in [9.17, 15) is 14.4 Å². The highest BCUT2D eigenvalue weighted by Crippen LogP contribution is 2.17. The number of rotatable bonds is 7. The fourth-order valence-electron chi connectivity index (χ4n) is 0.810. The lowest BCUT2D eigenvalue weighted by Gasteiger charge is -2.23. The van der Waals surface area contributed by atoms with Crippen LogP contribution in [0, 0.1) is 5.41 Å². The molecular formula is C17H26O6. The first-order chi connectivity index (χ1) is 10.3. The molecule has 6 nitrogen and oxygen atoms in total. The van der Waals surface area contributed by atoms with E-state index in [0.29, 0.717) is 11.1 Å². The summed E-state index contributed by atoms with van der Waals surface area (Å²) >= 11 is 0. The first-order valence-electron chi connectivity index (χ1n) is 6.84. The van der Waals surface area contributed by atoms with Crippen molar-refractivity contribution in [2.45, 2.75) is 34.6 Å². The van der Waals surface area contributed by atoms with Crippen molar-refractivity contribution in [2.24, 2.45) is 5.41 Å². The predicted octanol–water partition coefficient (Wildman–Crippen LogP) is 2.90. The molecule has 0 aromatic rings. The van der Waals surface area contributed by atoms with E-state index in [0.717, 1.165) is 0 Å². The van der Waals surface area contributed by atoms with Crippen molar-refractivity contribution in [3.8, 4) is 0 Å². The van der Waals surface area contributed by atoms with Crippen molar-refractivity contribution in [3.63, 3.8) is 0 Å². The SMILES string of the molecule is C=C(C)C(=O)O.C=C(C)C(=O)OCC(C)(C)COC(=O)C(=C)C. The zero-order valence-corrected chi connectivity index (χ0v) is 14.5. The number of carbonyl (C=O) groups is 3. The summed E-state index contributed by atoms with van der Waals surface area (Å²) in [5.74, 6) is -1.82. The summed E-state index contributed by atoms with van der Waals surface area (Å²) in [6, 6.07) is 0. The standard InChI is InChI=1S/C13H20O4.C4H6O2/c1-9(2)11(14)16-7-13(5,6)8-17-12(15)10(3)4;1-3(2)4(5)6/h1,3,7-8H2,2,4-6H3;1H2,2H3,(H,5,6). The minimum atomic E-state index is -0.935. The van der Waals surface area contributed by atoms with Crippen molar-refractivity contribution in [1.82, 2.24) is 0 Å². The monoisotopic (exact) mass is 326 g/mol. The normalized spacial score (nSPS) is 9.78. The molecule has 0 unspecified atom stereocenters. The molecule has 0 saturated heterocycles. The molecule has 0 bridgehead atoms. The van der Waals surface area contributed by atoms with Gasteiger partial charge in [0.25, 0.3) is 0 Å². The van der Waals surface area contributed by atoms with E-state index in [1.165, 1.54) is 6.92 Å². The number of esters is 2. The number of ether oxygens (including phenoxy) is 2. The Balaban J connectivity index is 0. The summed E-state index contributed by atoms with van der Waals surface area (Å²) in [6.45, 7) is 18.7. The van der Waals surface area contributed by atoms with Gasteiger partial charge in [0, 0.05) is 22.1 Å². The number of carbonyl (C=O) groups excluding carboxylic acids is 2. The lowest BCUT2D eigenvalue weighted by molar-refractivity contribution is -0.147. The number of carboxylic acids is 1. The second-order valence-corrected chi connectivity index (χ2v) is 5.96. The molecule has 0 saturated carbocycles. The van der Waals surface area contributed by atoms with E-state index >= 15 is 0 Å². The maximum absolute atomic E-state index is 11.2. The van der Waals surface area contributed by atoms with Gasteiger partial charge in [-0.3, -0.25) is 0 Å². The third-order valence-electron chi connectivity index (χ3n) is 2.25. The molecular weight excluding hydrogens is 300 g/mol. The number of aliphatic carboxylic acids is 1. The second-order valence-electron chi connectivity index (χ2n) is 5.96. The van der Waals surface area contributed by atoms with Crippen LogP contribution in [0.2, 0.25) is 0 Å². The molecule has 0 heterocycles. The van der Waals surface area contributed by atoms with Crippen molar-refractivity contribution < 1.29 is 29.0 Å². The van der Waals surface area contributed by atoms with E-state index in [1.807, 2.05) is 13.8 Å². The molecule has 0 atom stereocenters. The summed E-state index contributed by atoms with van der Waals surface area (Å²) < 4.78 is 10.0. The minimum absolute atomic E-state index is 0.169. The van der Waals surface area contributed by atoms with Gasteiger partial charge < -0.3 is 14.6 Å². The quantitative estimate of drug-likeness (QED) is 0.571. The van der Waals surface area contributed by atoms with Crippen molar-refractivity contribution in [1.29, 1.82) is 0 Å². The Bertz CT molecular complexity index is 455. The second kappa shape index (κ2) is 10.4. The average molecular weight is 326 g/mol. The van der Waals surface area contributed by atoms with Crippen LogP contribution in [-0.2, 0) is 23.9 Å².